The van der Waals surface area contributed by atoms with Crippen LogP contribution in [-0.2, 0) is 0 Å². The lowest BCUT2D eigenvalue weighted by Gasteiger charge is -2.19. The zero-order valence-electron chi connectivity index (χ0n) is 23.1. The van der Waals surface area contributed by atoms with Crippen molar-refractivity contribution in [2.24, 2.45) is 0 Å². The van der Waals surface area contributed by atoms with Crippen LogP contribution in [0.3, 0.4) is 0 Å². The molecule has 0 aliphatic carbocycles. The number of anilines is 1. The average Bonchev–Trinajstić information content (AvgIpc) is 3.70. The van der Waals surface area contributed by atoms with Crippen molar-refractivity contribution in [2.45, 2.75) is 32.0 Å². The molecular formula is C34H34FN3O3. The summed E-state index contributed by atoms with van der Waals surface area (Å²) >= 11 is 0. The Kier molecular flexibility index (Phi) is 7.98. The molecule has 2 saturated heterocycles. The summed E-state index contributed by atoms with van der Waals surface area (Å²) in [5.41, 5.74) is 5.81. The highest BCUT2D eigenvalue weighted by atomic mass is 19.1. The van der Waals surface area contributed by atoms with Crippen molar-refractivity contribution in [3.63, 3.8) is 0 Å². The van der Waals surface area contributed by atoms with Crippen molar-refractivity contribution in [3.05, 3.63) is 102 Å². The Labute approximate surface area is 239 Å². The predicted molar refractivity (Wildman–Crippen MR) is 160 cm³/mol. The summed E-state index contributed by atoms with van der Waals surface area (Å²) in [5.74, 6) is 0.908. The van der Waals surface area contributed by atoms with Gasteiger partial charge in [0.2, 0.25) is 0 Å². The lowest BCUT2D eigenvalue weighted by atomic mass is 10.0. The number of halogens is 1. The average molecular weight is 552 g/mol. The first-order valence-corrected chi connectivity index (χ1v) is 14.2. The minimum Gasteiger partial charge on any atom is -0.488 e. The number of hydrogen-bond donors (Lipinski definition) is 3. The Morgan fingerprint density at radius 1 is 0.756 bits per heavy atom. The van der Waals surface area contributed by atoms with E-state index in [1.165, 1.54) is 17.7 Å². The molecule has 210 valence electrons. The largest absolute Gasteiger partial charge is 0.488 e. The molecule has 4 aromatic carbocycles. The fourth-order valence-corrected chi connectivity index (χ4v) is 5.32. The number of amides is 1. The first kappa shape index (κ1) is 27.0. The number of benzene rings is 4. The molecule has 0 spiro atoms. The standard InChI is InChI=1S/C34H34FN3O3/c1-22-2-4-23(5-3-22)31-19-27(11-13-33(31)41-29-15-17-37-21-29)38-34(39)25-8-12-32(40-28-14-16-36-20-28)30(18-25)24-6-9-26(35)10-7-24/h2-13,18-19,28-29,36-37H,14-17,20-21H2,1H3,(H,38,39)/t28-,29-/m0/s1. The normalized spacial score (nSPS) is 18.3. The van der Waals surface area contributed by atoms with Crippen molar-refractivity contribution in [1.29, 1.82) is 0 Å². The van der Waals surface area contributed by atoms with Gasteiger partial charge in [0, 0.05) is 35.5 Å². The number of nitrogens with one attached hydrogen (secondary N) is 3. The fraction of sp³-hybridized carbons (Fsp3) is 0.265. The van der Waals surface area contributed by atoms with Gasteiger partial charge in [-0.25, -0.2) is 4.39 Å². The summed E-state index contributed by atoms with van der Waals surface area (Å²) in [4.78, 5) is 13.5. The van der Waals surface area contributed by atoms with Gasteiger partial charge < -0.3 is 25.4 Å². The molecule has 1 amide bonds. The van der Waals surface area contributed by atoms with Gasteiger partial charge in [-0.2, -0.15) is 0 Å². The Hall–Kier alpha value is -4.20. The molecule has 2 atom stereocenters. The molecule has 2 fully saturated rings. The molecule has 0 aromatic heterocycles. The molecule has 41 heavy (non-hydrogen) atoms. The van der Waals surface area contributed by atoms with E-state index in [-0.39, 0.29) is 23.9 Å². The molecule has 4 aromatic rings. The SMILES string of the molecule is Cc1ccc(-c2cc(NC(=O)c3ccc(O[C@H]4CCNC4)c(-c4ccc(F)cc4)c3)ccc2O[C@H]2CCNC2)cc1. The van der Waals surface area contributed by atoms with Gasteiger partial charge in [0.1, 0.15) is 29.5 Å². The minimum absolute atomic E-state index is 0.0508. The molecule has 0 radical (unpaired) electrons. The molecule has 6 rings (SSSR count). The molecule has 0 saturated carbocycles. The maximum absolute atomic E-state index is 13.7. The van der Waals surface area contributed by atoms with Gasteiger partial charge in [0.15, 0.2) is 0 Å². The maximum atomic E-state index is 13.7. The predicted octanol–water partition coefficient (Wildman–Crippen LogP) is 6.20. The van der Waals surface area contributed by atoms with Crippen LogP contribution >= 0.6 is 0 Å². The molecule has 0 unspecified atom stereocenters. The second-order valence-corrected chi connectivity index (χ2v) is 10.7. The summed E-state index contributed by atoms with van der Waals surface area (Å²) in [5, 5.41) is 9.72. The number of carbonyl (C=O) groups excluding carboxylic acids is 1. The quantitative estimate of drug-likeness (QED) is 0.243. The highest BCUT2D eigenvalue weighted by molar-refractivity contribution is 6.05. The van der Waals surface area contributed by atoms with Crippen LogP contribution in [0.1, 0.15) is 28.8 Å². The first-order chi connectivity index (χ1) is 20.0. The van der Waals surface area contributed by atoms with Gasteiger partial charge in [0.05, 0.1) is 0 Å². The number of rotatable bonds is 8. The van der Waals surface area contributed by atoms with E-state index in [9.17, 15) is 9.18 Å². The van der Waals surface area contributed by atoms with Crippen LogP contribution in [0, 0.1) is 12.7 Å². The third kappa shape index (κ3) is 6.42. The monoisotopic (exact) mass is 551 g/mol. The third-order valence-corrected chi connectivity index (χ3v) is 7.61. The Morgan fingerprint density at radius 2 is 1.32 bits per heavy atom. The molecular weight excluding hydrogens is 517 g/mol. The summed E-state index contributed by atoms with van der Waals surface area (Å²) in [6, 6.07) is 25.7. The number of hydrogen-bond acceptors (Lipinski definition) is 5. The number of carbonyl (C=O) groups is 1. The molecule has 3 N–H and O–H groups in total. The molecule has 6 nitrogen and oxygen atoms in total. The van der Waals surface area contributed by atoms with E-state index in [0.717, 1.165) is 67.0 Å². The van der Waals surface area contributed by atoms with Crippen LogP contribution in [0.4, 0.5) is 10.1 Å². The van der Waals surface area contributed by atoms with E-state index in [0.29, 0.717) is 17.0 Å². The van der Waals surface area contributed by atoms with Gasteiger partial charge in [-0.05, 0) is 92.5 Å². The van der Waals surface area contributed by atoms with E-state index in [4.69, 9.17) is 9.47 Å². The van der Waals surface area contributed by atoms with Gasteiger partial charge in [-0.15, -0.1) is 0 Å². The fourth-order valence-electron chi connectivity index (χ4n) is 5.32. The molecule has 2 aliphatic heterocycles. The molecule has 0 bridgehead atoms. The summed E-state index contributed by atoms with van der Waals surface area (Å²) in [6.45, 7) is 5.50. The van der Waals surface area contributed by atoms with Crippen molar-refractivity contribution >= 4 is 11.6 Å². The lowest BCUT2D eigenvalue weighted by molar-refractivity contribution is 0.102. The summed E-state index contributed by atoms with van der Waals surface area (Å²) in [6.07, 6.45) is 2.03. The van der Waals surface area contributed by atoms with Gasteiger partial charge in [0.25, 0.3) is 5.91 Å². The minimum atomic E-state index is -0.314. The Balaban J connectivity index is 1.29. The van der Waals surface area contributed by atoms with Crippen LogP contribution in [0.15, 0.2) is 84.9 Å². The van der Waals surface area contributed by atoms with Crippen molar-refractivity contribution in [1.82, 2.24) is 10.6 Å². The van der Waals surface area contributed by atoms with Crippen molar-refractivity contribution in [3.8, 4) is 33.8 Å². The van der Waals surface area contributed by atoms with Gasteiger partial charge in [-0.3, -0.25) is 4.79 Å². The van der Waals surface area contributed by atoms with E-state index >= 15 is 0 Å². The lowest BCUT2D eigenvalue weighted by Crippen LogP contribution is -2.20. The van der Waals surface area contributed by atoms with Crippen LogP contribution in [0.25, 0.3) is 22.3 Å². The summed E-state index contributed by atoms with van der Waals surface area (Å²) in [7, 11) is 0. The number of aryl methyl sites for hydroxylation is 1. The van der Waals surface area contributed by atoms with Crippen LogP contribution in [0.2, 0.25) is 0 Å². The highest BCUT2D eigenvalue weighted by Gasteiger charge is 2.21. The topological polar surface area (TPSA) is 71.6 Å². The number of ether oxygens (including phenoxy) is 2. The van der Waals surface area contributed by atoms with E-state index < -0.39 is 0 Å². The first-order valence-electron chi connectivity index (χ1n) is 14.2. The smallest absolute Gasteiger partial charge is 0.255 e. The highest BCUT2D eigenvalue weighted by Crippen LogP contribution is 2.36. The Morgan fingerprint density at radius 3 is 1.90 bits per heavy atom. The summed E-state index contributed by atoms with van der Waals surface area (Å²) < 4.78 is 26.3. The van der Waals surface area contributed by atoms with Crippen LogP contribution in [-0.4, -0.2) is 44.3 Å². The van der Waals surface area contributed by atoms with Crippen LogP contribution < -0.4 is 25.4 Å². The van der Waals surface area contributed by atoms with E-state index in [2.05, 4.69) is 47.1 Å². The van der Waals surface area contributed by atoms with Crippen LogP contribution in [0.5, 0.6) is 11.5 Å². The second kappa shape index (κ2) is 12.1. The molecule has 2 aliphatic rings. The van der Waals surface area contributed by atoms with E-state index in [1.54, 1.807) is 18.2 Å². The zero-order chi connectivity index (χ0) is 28.2. The molecule has 7 heteroatoms. The van der Waals surface area contributed by atoms with Gasteiger partial charge in [-0.1, -0.05) is 42.0 Å². The Bertz CT molecular complexity index is 1510. The zero-order valence-corrected chi connectivity index (χ0v) is 23.1. The molecule has 2 heterocycles. The third-order valence-electron chi connectivity index (χ3n) is 7.61. The van der Waals surface area contributed by atoms with Crippen molar-refractivity contribution in [2.75, 3.05) is 31.5 Å². The van der Waals surface area contributed by atoms with E-state index in [1.807, 2.05) is 30.3 Å². The maximum Gasteiger partial charge on any atom is 0.255 e. The van der Waals surface area contributed by atoms with Crippen molar-refractivity contribution < 1.29 is 18.7 Å². The second-order valence-electron chi connectivity index (χ2n) is 10.7. The van der Waals surface area contributed by atoms with Gasteiger partial charge >= 0.3 is 0 Å².